The first-order valence-electron chi connectivity index (χ1n) is 7.15. The second-order valence-electron chi connectivity index (χ2n) is 5.85. The Morgan fingerprint density at radius 2 is 1.95 bits per heavy atom. The van der Waals surface area contributed by atoms with Crippen molar-refractivity contribution in [1.29, 1.82) is 0 Å². The summed E-state index contributed by atoms with van der Waals surface area (Å²) in [6.07, 6.45) is 2.89. The molecule has 1 rings (SSSR count). The van der Waals surface area contributed by atoms with Gasteiger partial charge >= 0.3 is 0 Å². The highest BCUT2D eigenvalue weighted by Gasteiger charge is 2.15. The first-order valence-corrected chi connectivity index (χ1v) is 7.15. The summed E-state index contributed by atoms with van der Waals surface area (Å²) in [7, 11) is 0. The summed E-state index contributed by atoms with van der Waals surface area (Å²) in [5.41, 5.74) is 2.81. The van der Waals surface area contributed by atoms with E-state index in [1.807, 2.05) is 6.92 Å². The lowest BCUT2D eigenvalue weighted by Crippen LogP contribution is -2.12. The van der Waals surface area contributed by atoms with Gasteiger partial charge in [0.05, 0.1) is 6.61 Å². The molecular weight excluding hydrogens is 232 g/mol. The van der Waals surface area contributed by atoms with E-state index in [1.54, 1.807) is 0 Å². The van der Waals surface area contributed by atoms with Crippen molar-refractivity contribution in [2.45, 2.75) is 59.3 Å². The first-order chi connectivity index (χ1) is 8.99. The van der Waals surface area contributed by atoms with E-state index >= 15 is 0 Å². The van der Waals surface area contributed by atoms with Gasteiger partial charge in [-0.05, 0) is 42.4 Å². The Labute approximate surface area is 118 Å². The molecule has 0 amide bonds. The van der Waals surface area contributed by atoms with Crippen LogP contribution in [-0.2, 0) is 11.8 Å². The minimum absolute atomic E-state index is 0.175. The van der Waals surface area contributed by atoms with Crippen molar-refractivity contribution in [3.8, 4) is 17.6 Å². The molecular formula is C18H26O. The zero-order valence-corrected chi connectivity index (χ0v) is 13.0. The number of benzene rings is 1. The lowest BCUT2D eigenvalue weighted by atomic mass is 9.85. The van der Waals surface area contributed by atoms with Crippen molar-refractivity contribution in [2.24, 2.45) is 0 Å². The van der Waals surface area contributed by atoms with Gasteiger partial charge in [0.1, 0.15) is 5.75 Å². The fourth-order valence-corrected chi connectivity index (χ4v) is 1.92. The largest absolute Gasteiger partial charge is 0.493 e. The fraction of sp³-hybridized carbons (Fsp3) is 0.556. The zero-order valence-electron chi connectivity index (χ0n) is 13.0. The summed E-state index contributed by atoms with van der Waals surface area (Å²) >= 11 is 0. The van der Waals surface area contributed by atoms with Gasteiger partial charge in [-0.25, -0.2) is 0 Å². The van der Waals surface area contributed by atoms with Gasteiger partial charge in [0.25, 0.3) is 0 Å². The molecule has 0 unspecified atom stereocenters. The number of hydrogen-bond acceptors (Lipinski definition) is 1. The molecule has 1 heteroatoms. The summed E-state index contributed by atoms with van der Waals surface area (Å²) in [5.74, 6) is 7.11. The molecule has 0 bridgehead atoms. The van der Waals surface area contributed by atoms with Crippen LogP contribution in [0.25, 0.3) is 0 Å². The second kappa shape index (κ2) is 7.24. The Balaban J connectivity index is 2.98. The van der Waals surface area contributed by atoms with E-state index in [1.165, 1.54) is 11.1 Å². The molecule has 0 saturated heterocycles. The van der Waals surface area contributed by atoms with E-state index < -0.39 is 0 Å². The summed E-state index contributed by atoms with van der Waals surface area (Å²) < 4.78 is 5.84. The van der Waals surface area contributed by atoms with Crippen LogP contribution in [0.4, 0.5) is 0 Å². The molecule has 0 saturated carbocycles. The van der Waals surface area contributed by atoms with Crippen molar-refractivity contribution in [3.05, 3.63) is 29.3 Å². The van der Waals surface area contributed by atoms with Crippen molar-refractivity contribution >= 4 is 0 Å². The van der Waals surface area contributed by atoms with Gasteiger partial charge in [0.15, 0.2) is 0 Å². The molecule has 1 nitrogen and oxygen atoms in total. The highest BCUT2D eigenvalue weighted by molar-refractivity contribution is 5.40. The average molecular weight is 258 g/mol. The van der Waals surface area contributed by atoms with Crippen LogP contribution < -0.4 is 4.74 Å². The smallest absolute Gasteiger partial charge is 0.122 e. The molecule has 0 fully saturated rings. The highest BCUT2D eigenvalue weighted by Crippen LogP contribution is 2.29. The van der Waals surface area contributed by atoms with Gasteiger partial charge in [-0.1, -0.05) is 39.8 Å². The molecule has 0 aliphatic rings. The Bertz CT molecular complexity index is 455. The maximum Gasteiger partial charge on any atom is 0.122 e. The van der Waals surface area contributed by atoms with Gasteiger partial charge in [0.2, 0.25) is 0 Å². The third kappa shape index (κ3) is 4.99. The van der Waals surface area contributed by atoms with E-state index in [0.29, 0.717) is 0 Å². The minimum Gasteiger partial charge on any atom is -0.493 e. The summed E-state index contributed by atoms with van der Waals surface area (Å²) in [5, 5.41) is 0. The van der Waals surface area contributed by atoms with Crippen molar-refractivity contribution in [3.63, 3.8) is 0 Å². The topological polar surface area (TPSA) is 9.23 Å². The van der Waals surface area contributed by atoms with E-state index in [-0.39, 0.29) is 5.41 Å². The van der Waals surface area contributed by atoms with Crippen LogP contribution >= 0.6 is 0 Å². The van der Waals surface area contributed by atoms with Crippen LogP contribution in [0.15, 0.2) is 18.2 Å². The lowest BCUT2D eigenvalue weighted by Gasteiger charge is -2.21. The number of aryl methyl sites for hydroxylation is 1. The quantitative estimate of drug-likeness (QED) is 0.694. The molecule has 0 heterocycles. The van der Waals surface area contributed by atoms with Gasteiger partial charge < -0.3 is 4.74 Å². The molecule has 0 aromatic heterocycles. The van der Waals surface area contributed by atoms with E-state index in [2.05, 4.69) is 57.7 Å². The van der Waals surface area contributed by atoms with Gasteiger partial charge in [0, 0.05) is 6.42 Å². The van der Waals surface area contributed by atoms with Crippen LogP contribution in [-0.4, -0.2) is 6.61 Å². The summed E-state index contributed by atoms with van der Waals surface area (Å²) in [6.45, 7) is 11.5. The predicted octanol–water partition coefficient (Wildman–Crippen LogP) is 4.73. The third-order valence-electron chi connectivity index (χ3n) is 3.08. The van der Waals surface area contributed by atoms with Crippen molar-refractivity contribution in [2.75, 3.05) is 6.61 Å². The zero-order chi connectivity index (χ0) is 14.3. The predicted molar refractivity (Wildman–Crippen MR) is 82.7 cm³/mol. The van der Waals surface area contributed by atoms with Crippen LogP contribution in [0.2, 0.25) is 0 Å². The number of rotatable bonds is 5. The Morgan fingerprint density at radius 1 is 1.21 bits per heavy atom. The average Bonchev–Trinajstić information content (AvgIpc) is 2.36. The Morgan fingerprint density at radius 3 is 2.53 bits per heavy atom. The number of hydrogen-bond donors (Lipinski definition) is 0. The normalized spacial score (nSPS) is 10.8. The molecule has 0 N–H and O–H groups in total. The monoisotopic (exact) mass is 258 g/mol. The van der Waals surface area contributed by atoms with Gasteiger partial charge in [-0.2, -0.15) is 0 Å². The van der Waals surface area contributed by atoms with Gasteiger partial charge in [-0.15, -0.1) is 11.8 Å². The third-order valence-corrected chi connectivity index (χ3v) is 3.08. The Kier molecular flexibility index (Phi) is 5.96. The van der Waals surface area contributed by atoms with Crippen molar-refractivity contribution < 1.29 is 4.74 Å². The van der Waals surface area contributed by atoms with E-state index in [9.17, 15) is 0 Å². The minimum atomic E-state index is 0.175. The standard InChI is InChI=1S/C18H26O/c1-6-8-9-10-15-14-16(18(3,4)5)11-12-17(15)19-13-7-2/h11-12,14H,7,9-10,13H2,1-5H3. The summed E-state index contributed by atoms with van der Waals surface area (Å²) in [4.78, 5) is 0. The maximum absolute atomic E-state index is 5.84. The van der Waals surface area contributed by atoms with Crippen LogP contribution in [0.5, 0.6) is 5.75 Å². The molecule has 1 aromatic rings. The lowest BCUT2D eigenvalue weighted by molar-refractivity contribution is 0.314. The SMILES string of the molecule is CC#CCCc1cc(C(C)(C)C)ccc1OCCC. The molecule has 0 aliphatic heterocycles. The van der Waals surface area contributed by atoms with E-state index in [4.69, 9.17) is 4.74 Å². The van der Waals surface area contributed by atoms with E-state index in [0.717, 1.165) is 31.6 Å². The second-order valence-corrected chi connectivity index (χ2v) is 5.85. The number of ether oxygens (including phenoxy) is 1. The highest BCUT2D eigenvalue weighted by atomic mass is 16.5. The fourth-order valence-electron chi connectivity index (χ4n) is 1.92. The molecule has 19 heavy (non-hydrogen) atoms. The van der Waals surface area contributed by atoms with Crippen LogP contribution in [0.3, 0.4) is 0 Å². The molecule has 1 aromatic carbocycles. The van der Waals surface area contributed by atoms with Crippen molar-refractivity contribution in [1.82, 2.24) is 0 Å². The Hall–Kier alpha value is -1.42. The van der Waals surface area contributed by atoms with Crippen LogP contribution in [0, 0.1) is 11.8 Å². The van der Waals surface area contributed by atoms with Gasteiger partial charge in [-0.3, -0.25) is 0 Å². The molecule has 0 atom stereocenters. The molecule has 0 spiro atoms. The summed E-state index contributed by atoms with van der Waals surface area (Å²) in [6, 6.07) is 6.58. The first kappa shape index (κ1) is 15.6. The molecule has 104 valence electrons. The molecule has 0 aliphatic carbocycles. The van der Waals surface area contributed by atoms with Crippen LogP contribution in [0.1, 0.15) is 58.6 Å². The molecule has 0 radical (unpaired) electrons. The maximum atomic E-state index is 5.84.